The average molecular weight is 376 g/mol. The SMILES string of the molecule is CC(=O)N1CCc2cc(N[C@@H](C)C(=O)Nc3ccc(Cl)cc3F)ccc21. The summed E-state index contributed by atoms with van der Waals surface area (Å²) in [6, 6.07) is 9.14. The molecule has 0 fully saturated rings. The molecule has 0 bridgehead atoms. The molecule has 0 radical (unpaired) electrons. The molecule has 2 aromatic carbocycles. The zero-order chi connectivity index (χ0) is 18.8. The molecule has 0 saturated heterocycles. The van der Waals surface area contributed by atoms with Crippen molar-refractivity contribution in [2.45, 2.75) is 26.3 Å². The van der Waals surface area contributed by atoms with Gasteiger partial charge in [-0.05, 0) is 55.3 Å². The van der Waals surface area contributed by atoms with E-state index in [4.69, 9.17) is 11.6 Å². The Bertz CT molecular complexity index is 872. The number of carbonyl (C=O) groups excluding carboxylic acids is 2. The highest BCUT2D eigenvalue weighted by Crippen LogP contribution is 2.30. The van der Waals surface area contributed by atoms with Crippen LogP contribution in [0.25, 0.3) is 0 Å². The van der Waals surface area contributed by atoms with Gasteiger partial charge in [-0.1, -0.05) is 11.6 Å². The van der Waals surface area contributed by atoms with Gasteiger partial charge in [-0.3, -0.25) is 9.59 Å². The van der Waals surface area contributed by atoms with Crippen molar-refractivity contribution in [3.8, 4) is 0 Å². The first kappa shape index (κ1) is 18.2. The molecular weight excluding hydrogens is 357 g/mol. The van der Waals surface area contributed by atoms with E-state index in [0.717, 1.165) is 29.4 Å². The van der Waals surface area contributed by atoms with Gasteiger partial charge in [0.1, 0.15) is 11.9 Å². The predicted octanol–water partition coefficient (Wildman–Crippen LogP) is 3.83. The molecule has 26 heavy (non-hydrogen) atoms. The second kappa shape index (κ2) is 7.33. The van der Waals surface area contributed by atoms with Gasteiger partial charge in [-0.25, -0.2) is 4.39 Å². The van der Waals surface area contributed by atoms with Crippen molar-refractivity contribution < 1.29 is 14.0 Å². The van der Waals surface area contributed by atoms with Gasteiger partial charge in [0.2, 0.25) is 11.8 Å². The minimum absolute atomic E-state index is 0.0159. The summed E-state index contributed by atoms with van der Waals surface area (Å²) in [5.74, 6) is -0.931. The molecule has 2 amide bonds. The van der Waals surface area contributed by atoms with Crippen LogP contribution < -0.4 is 15.5 Å². The van der Waals surface area contributed by atoms with Crippen LogP contribution in [0.4, 0.5) is 21.5 Å². The standard InChI is InChI=1S/C19H19ClFN3O2/c1-11(19(26)23-17-5-3-14(20)10-16(17)21)22-15-4-6-18-13(9-15)7-8-24(18)12(2)25/h3-6,9-11,22H,7-8H2,1-2H3,(H,23,26)/t11-/m0/s1. The number of nitrogens with zero attached hydrogens (tertiary/aromatic N) is 1. The van der Waals surface area contributed by atoms with Crippen molar-refractivity contribution in [1.29, 1.82) is 0 Å². The number of halogens is 2. The van der Waals surface area contributed by atoms with Crippen LogP contribution in [0.3, 0.4) is 0 Å². The van der Waals surface area contributed by atoms with Crippen LogP contribution in [0, 0.1) is 5.82 Å². The molecule has 1 aliphatic heterocycles. The molecule has 1 atom stereocenters. The first-order valence-corrected chi connectivity index (χ1v) is 8.66. The number of rotatable bonds is 4. The summed E-state index contributed by atoms with van der Waals surface area (Å²) >= 11 is 5.71. The van der Waals surface area contributed by atoms with E-state index in [-0.39, 0.29) is 22.5 Å². The van der Waals surface area contributed by atoms with Crippen molar-refractivity contribution >= 4 is 40.5 Å². The highest BCUT2D eigenvalue weighted by atomic mass is 35.5. The molecule has 0 saturated carbocycles. The summed E-state index contributed by atoms with van der Waals surface area (Å²) < 4.78 is 13.8. The van der Waals surface area contributed by atoms with Crippen molar-refractivity contribution in [3.63, 3.8) is 0 Å². The minimum Gasteiger partial charge on any atom is -0.374 e. The number of amides is 2. The van der Waals surface area contributed by atoms with Gasteiger partial charge < -0.3 is 15.5 Å². The fourth-order valence-electron chi connectivity index (χ4n) is 2.97. The molecule has 0 aliphatic carbocycles. The number of benzene rings is 2. The van der Waals surface area contributed by atoms with E-state index in [9.17, 15) is 14.0 Å². The number of hydrogen-bond acceptors (Lipinski definition) is 3. The van der Waals surface area contributed by atoms with Crippen LogP contribution in [0.15, 0.2) is 36.4 Å². The first-order valence-electron chi connectivity index (χ1n) is 8.28. The largest absolute Gasteiger partial charge is 0.374 e. The number of fused-ring (bicyclic) bond motifs is 1. The topological polar surface area (TPSA) is 61.4 Å². The van der Waals surface area contributed by atoms with Crippen molar-refractivity contribution in [3.05, 3.63) is 52.8 Å². The third-order valence-electron chi connectivity index (χ3n) is 4.32. The van der Waals surface area contributed by atoms with Gasteiger partial charge in [-0.2, -0.15) is 0 Å². The summed E-state index contributed by atoms with van der Waals surface area (Å²) in [5.41, 5.74) is 2.82. The molecule has 0 spiro atoms. The lowest BCUT2D eigenvalue weighted by atomic mass is 10.1. The lowest BCUT2D eigenvalue weighted by Crippen LogP contribution is -2.32. The number of carbonyl (C=O) groups is 2. The van der Waals surface area contributed by atoms with Crippen LogP contribution in [-0.4, -0.2) is 24.4 Å². The molecule has 7 heteroatoms. The third-order valence-corrected chi connectivity index (χ3v) is 4.56. The molecule has 0 aromatic heterocycles. The van der Waals surface area contributed by atoms with E-state index >= 15 is 0 Å². The Morgan fingerprint density at radius 1 is 1.23 bits per heavy atom. The summed E-state index contributed by atoms with van der Waals surface area (Å²) in [6.45, 7) is 3.90. The maximum absolute atomic E-state index is 13.8. The Labute approximate surface area is 156 Å². The van der Waals surface area contributed by atoms with Gasteiger partial charge in [0.25, 0.3) is 0 Å². The molecule has 5 nitrogen and oxygen atoms in total. The molecule has 136 valence electrons. The first-order chi connectivity index (χ1) is 12.3. The summed E-state index contributed by atoms with van der Waals surface area (Å²) in [7, 11) is 0. The summed E-state index contributed by atoms with van der Waals surface area (Å²) in [6.07, 6.45) is 0.779. The van der Waals surface area contributed by atoms with E-state index in [1.165, 1.54) is 12.1 Å². The summed E-state index contributed by atoms with van der Waals surface area (Å²) in [5, 5.41) is 5.91. The van der Waals surface area contributed by atoms with Crippen LogP contribution in [0.5, 0.6) is 0 Å². The van der Waals surface area contributed by atoms with E-state index in [0.29, 0.717) is 6.54 Å². The minimum atomic E-state index is -0.583. The number of hydrogen-bond donors (Lipinski definition) is 2. The van der Waals surface area contributed by atoms with Crippen LogP contribution in [0.1, 0.15) is 19.4 Å². The van der Waals surface area contributed by atoms with E-state index in [2.05, 4.69) is 10.6 Å². The maximum atomic E-state index is 13.8. The van der Waals surface area contributed by atoms with Crippen LogP contribution in [0.2, 0.25) is 5.02 Å². The van der Waals surface area contributed by atoms with E-state index < -0.39 is 11.9 Å². The molecule has 0 unspecified atom stereocenters. The van der Waals surface area contributed by atoms with Gasteiger partial charge in [0.05, 0.1) is 5.69 Å². The third kappa shape index (κ3) is 3.80. The smallest absolute Gasteiger partial charge is 0.246 e. The van der Waals surface area contributed by atoms with Gasteiger partial charge in [-0.15, -0.1) is 0 Å². The monoisotopic (exact) mass is 375 g/mol. The quantitative estimate of drug-likeness (QED) is 0.853. The van der Waals surface area contributed by atoms with Gasteiger partial charge in [0, 0.05) is 29.9 Å². The molecule has 3 rings (SSSR count). The fourth-order valence-corrected chi connectivity index (χ4v) is 3.12. The highest BCUT2D eigenvalue weighted by molar-refractivity contribution is 6.30. The molecule has 1 aliphatic rings. The average Bonchev–Trinajstić information content (AvgIpc) is 3.00. The molecule has 1 heterocycles. The lowest BCUT2D eigenvalue weighted by molar-refractivity contribution is -0.117. The van der Waals surface area contributed by atoms with Crippen molar-refractivity contribution in [2.24, 2.45) is 0 Å². The Morgan fingerprint density at radius 3 is 2.69 bits per heavy atom. The Morgan fingerprint density at radius 2 is 2.00 bits per heavy atom. The van der Waals surface area contributed by atoms with Gasteiger partial charge >= 0.3 is 0 Å². The Kier molecular flexibility index (Phi) is 5.13. The molecule has 2 aromatic rings. The van der Waals surface area contributed by atoms with Crippen LogP contribution >= 0.6 is 11.6 Å². The maximum Gasteiger partial charge on any atom is 0.246 e. The summed E-state index contributed by atoms with van der Waals surface area (Å²) in [4.78, 5) is 25.6. The lowest BCUT2D eigenvalue weighted by Gasteiger charge is -2.18. The number of nitrogens with one attached hydrogen (secondary N) is 2. The zero-order valence-electron chi connectivity index (χ0n) is 14.5. The van der Waals surface area contributed by atoms with Gasteiger partial charge in [0.15, 0.2) is 0 Å². The zero-order valence-corrected chi connectivity index (χ0v) is 15.2. The second-order valence-electron chi connectivity index (χ2n) is 6.24. The highest BCUT2D eigenvalue weighted by Gasteiger charge is 2.23. The Hall–Kier alpha value is -2.60. The van der Waals surface area contributed by atoms with E-state index in [1.54, 1.807) is 18.7 Å². The molecular formula is C19H19ClFN3O2. The normalized spacial score (nSPS) is 13.9. The predicted molar refractivity (Wildman–Crippen MR) is 101 cm³/mol. The van der Waals surface area contributed by atoms with E-state index in [1.807, 2.05) is 18.2 Å². The van der Waals surface area contributed by atoms with Crippen LogP contribution in [-0.2, 0) is 16.0 Å². The fraction of sp³-hybridized carbons (Fsp3) is 0.263. The molecule has 2 N–H and O–H groups in total. The van der Waals surface area contributed by atoms with Crippen molar-refractivity contribution in [2.75, 3.05) is 22.1 Å². The second-order valence-corrected chi connectivity index (χ2v) is 6.68. The Balaban J connectivity index is 1.67. The number of anilines is 3. The van der Waals surface area contributed by atoms with Crippen molar-refractivity contribution in [1.82, 2.24) is 0 Å².